The second kappa shape index (κ2) is 5.72. The predicted octanol–water partition coefficient (Wildman–Crippen LogP) is 1.09. The van der Waals surface area contributed by atoms with Gasteiger partial charge in [-0.1, -0.05) is 0 Å². The third-order valence-electron chi connectivity index (χ3n) is 4.62. The fourth-order valence-electron chi connectivity index (χ4n) is 3.18. The average molecular weight is 324 g/mol. The lowest BCUT2D eigenvalue weighted by molar-refractivity contribution is 0.602. The van der Waals surface area contributed by atoms with Gasteiger partial charge >= 0.3 is 0 Å². The number of anilines is 2. The number of H-pyrrole nitrogens is 1. The van der Waals surface area contributed by atoms with E-state index in [2.05, 4.69) is 30.3 Å². The second-order valence-electron chi connectivity index (χ2n) is 6.25. The van der Waals surface area contributed by atoms with Gasteiger partial charge in [0.2, 0.25) is 0 Å². The van der Waals surface area contributed by atoms with Crippen molar-refractivity contribution in [2.24, 2.45) is 11.7 Å². The minimum Gasteiger partial charge on any atom is -0.379 e. The van der Waals surface area contributed by atoms with Gasteiger partial charge in [-0.3, -0.25) is 5.10 Å². The van der Waals surface area contributed by atoms with E-state index in [9.17, 15) is 0 Å². The maximum atomic E-state index is 6.01. The normalized spacial score (nSPS) is 17.8. The number of nitrogens with one attached hydrogen (secondary N) is 1. The Balaban J connectivity index is 1.72. The Morgan fingerprint density at radius 3 is 3.00 bits per heavy atom. The van der Waals surface area contributed by atoms with E-state index in [1.54, 1.807) is 0 Å². The topological polar surface area (TPSA) is 123 Å². The smallest absolute Gasteiger partial charge is 0.189 e. The van der Waals surface area contributed by atoms with Crippen LogP contribution in [0.3, 0.4) is 0 Å². The monoisotopic (exact) mass is 324 g/mol. The highest BCUT2D eigenvalue weighted by atomic mass is 15.3. The summed E-state index contributed by atoms with van der Waals surface area (Å²) < 4.78 is 0. The number of aromatic amines is 1. The van der Waals surface area contributed by atoms with Gasteiger partial charge < -0.3 is 16.4 Å². The zero-order valence-corrected chi connectivity index (χ0v) is 13.5. The highest BCUT2D eigenvalue weighted by Gasteiger charge is 2.25. The molecule has 1 fully saturated rings. The minimum absolute atomic E-state index is 0.358. The number of nitrogen functional groups attached to an aromatic ring is 1. The lowest BCUT2D eigenvalue weighted by atomic mass is 10.1. The molecule has 0 spiro atoms. The summed E-state index contributed by atoms with van der Waals surface area (Å²) >= 11 is 0. The minimum atomic E-state index is 0.358. The number of rotatable bonds is 3. The van der Waals surface area contributed by atoms with E-state index in [1.165, 1.54) is 0 Å². The summed E-state index contributed by atoms with van der Waals surface area (Å²) in [5.41, 5.74) is 14.6. The fourth-order valence-corrected chi connectivity index (χ4v) is 3.18. The van der Waals surface area contributed by atoms with Crippen LogP contribution >= 0.6 is 0 Å². The first kappa shape index (κ1) is 14.8. The molecule has 1 aliphatic rings. The zero-order chi connectivity index (χ0) is 16.7. The Kier molecular flexibility index (Phi) is 3.53. The van der Waals surface area contributed by atoms with E-state index in [-0.39, 0.29) is 0 Å². The first-order valence-corrected chi connectivity index (χ1v) is 8.06. The van der Waals surface area contributed by atoms with Crippen LogP contribution in [0.25, 0.3) is 22.3 Å². The quantitative estimate of drug-likeness (QED) is 0.659. The van der Waals surface area contributed by atoms with Crippen molar-refractivity contribution in [3.8, 4) is 11.4 Å². The van der Waals surface area contributed by atoms with Gasteiger partial charge in [0.1, 0.15) is 0 Å². The van der Waals surface area contributed by atoms with E-state index in [4.69, 9.17) is 11.5 Å². The molecule has 0 bridgehead atoms. The molecule has 0 saturated carbocycles. The van der Waals surface area contributed by atoms with Crippen molar-refractivity contribution in [1.82, 2.24) is 25.4 Å². The van der Waals surface area contributed by atoms with Crippen molar-refractivity contribution < 1.29 is 0 Å². The van der Waals surface area contributed by atoms with Crippen molar-refractivity contribution >= 4 is 22.5 Å². The molecular formula is C16H20N8. The molecule has 124 valence electrons. The number of hydrogen-bond acceptors (Lipinski definition) is 7. The van der Waals surface area contributed by atoms with Crippen LogP contribution in [-0.4, -0.2) is 45.0 Å². The molecule has 1 saturated heterocycles. The van der Waals surface area contributed by atoms with E-state index < -0.39 is 0 Å². The molecule has 1 atom stereocenters. The predicted molar refractivity (Wildman–Crippen MR) is 93.4 cm³/mol. The van der Waals surface area contributed by atoms with Gasteiger partial charge in [0.15, 0.2) is 17.5 Å². The van der Waals surface area contributed by atoms with Crippen molar-refractivity contribution in [2.75, 3.05) is 30.3 Å². The van der Waals surface area contributed by atoms with Crippen LogP contribution in [0.15, 0.2) is 18.2 Å². The maximum absolute atomic E-state index is 6.01. The molecule has 2 aromatic heterocycles. The highest BCUT2D eigenvalue weighted by molar-refractivity contribution is 5.85. The third-order valence-corrected chi connectivity index (χ3v) is 4.62. The van der Waals surface area contributed by atoms with Gasteiger partial charge in [0.05, 0.1) is 11.2 Å². The van der Waals surface area contributed by atoms with Gasteiger partial charge in [-0.2, -0.15) is 5.10 Å². The average Bonchev–Trinajstić information content (AvgIpc) is 3.22. The molecule has 0 amide bonds. The van der Waals surface area contributed by atoms with E-state index in [1.807, 2.05) is 25.1 Å². The van der Waals surface area contributed by atoms with Crippen molar-refractivity contribution in [1.29, 1.82) is 0 Å². The Bertz CT molecular complexity index is 887. The molecule has 1 aromatic carbocycles. The molecule has 4 rings (SSSR count). The van der Waals surface area contributed by atoms with Gasteiger partial charge in [-0.15, -0.1) is 10.2 Å². The summed E-state index contributed by atoms with van der Waals surface area (Å²) in [6, 6.07) is 5.96. The molecule has 0 radical (unpaired) electrons. The number of aryl methyl sites for hydroxylation is 1. The Morgan fingerprint density at radius 2 is 2.21 bits per heavy atom. The van der Waals surface area contributed by atoms with Crippen LogP contribution in [0.2, 0.25) is 0 Å². The summed E-state index contributed by atoms with van der Waals surface area (Å²) in [4.78, 5) is 6.82. The molecule has 24 heavy (non-hydrogen) atoms. The van der Waals surface area contributed by atoms with Crippen LogP contribution < -0.4 is 16.4 Å². The zero-order valence-electron chi connectivity index (χ0n) is 13.5. The summed E-state index contributed by atoms with van der Waals surface area (Å²) in [5.74, 6) is 2.10. The van der Waals surface area contributed by atoms with Crippen molar-refractivity contribution in [3.63, 3.8) is 0 Å². The number of aromatic nitrogens is 5. The summed E-state index contributed by atoms with van der Waals surface area (Å²) in [6.45, 7) is 4.40. The number of benzene rings is 1. The molecule has 5 N–H and O–H groups in total. The molecule has 1 unspecified atom stereocenters. The summed E-state index contributed by atoms with van der Waals surface area (Å²) in [6.07, 6.45) is 1.05. The first-order valence-electron chi connectivity index (χ1n) is 8.06. The van der Waals surface area contributed by atoms with Gasteiger partial charge in [0, 0.05) is 24.0 Å². The number of nitrogens with two attached hydrogens (primary N) is 2. The number of hydrogen-bond donors (Lipinski definition) is 3. The fraction of sp³-hybridized carbons (Fsp3) is 0.375. The Morgan fingerprint density at radius 1 is 1.33 bits per heavy atom. The molecule has 3 aromatic rings. The Labute approximate surface area is 139 Å². The number of fused-ring (bicyclic) bond motifs is 1. The lowest BCUT2D eigenvalue weighted by Gasteiger charge is -2.18. The lowest BCUT2D eigenvalue weighted by Crippen LogP contribution is -2.25. The highest BCUT2D eigenvalue weighted by Crippen LogP contribution is 2.28. The molecule has 8 heteroatoms. The van der Waals surface area contributed by atoms with Gasteiger partial charge in [0.25, 0.3) is 0 Å². The standard InChI is InChI=1S/C16H20N8/c1-9-12-6-11(2-3-13(12)21-20-9)15-19-16(14(18)22-23-15)24-5-4-10(7-17)8-24/h2-3,6,10H,4-5,7-8,17H2,1H3,(H2,18,22)(H,20,21). The van der Waals surface area contributed by atoms with Crippen LogP contribution in [0.1, 0.15) is 12.1 Å². The van der Waals surface area contributed by atoms with Crippen LogP contribution in [0, 0.1) is 12.8 Å². The van der Waals surface area contributed by atoms with Crippen molar-refractivity contribution in [3.05, 3.63) is 23.9 Å². The molecule has 1 aliphatic heterocycles. The molecule has 3 heterocycles. The van der Waals surface area contributed by atoms with Crippen LogP contribution in [0.5, 0.6) is 0 Å². The summed E-state index contributed by atoms with van der Waals surface area (Å²) in [5, 5.41) is 16.6. The number of nitrogens with zero attached hydrogens (tertiary/aromatic N) is 5. The second-order valence-corrected chi connectivity index (χ2v) is 6.25. The summed E-state index contributed by atoms with van der Waals surface area (Å²) in [7, 11) is 0. The molecular weight excluding hydrogens is 304 g/mol. The molecule has 8 nitrogen and oxygen atoms in total. The van der Waals surface area contributed by atoms with E-state index >= 15 is 0 Å². The van der Waals surface area contributed by atoms with Gasteiger partial charge in [-0.05, 0) is 44.0 Å². The largest absolute Gasteiger partial charge is 0.379 e. The first-order chi connectivity index (χ1) is 11.7. The molecule has 0 aliphatic carbocycles. The van der Waals surface area contributed by atoms with Crippen LogP contribution in [0.4, 0.5) is 11.6 Å². The maximum Gasteiger partial charge on any atom is 0.189 e. The van der Waals surface area contributed by atoms with E-state index in [0.29, 0.717) is 29.9 Å². The Hall–Kier alpha value is -2.74. The SMILES string of the molecule is Cc1n[nH]c2ccc(-c3nnc(N)c(N4CCC(CN)C4)n3)cc12. The van der Waals surface area contributed by atoms with Crippen LogP contribution in [-0.2, 0) is 0 Å². The van der Waals surface area contributed by atoms with E-state index in [0.717, 1.165) is 41.7 Å². The third kappa shape index (κ3) is 2.44. The van der Waals surface area contributed by atoms with Crippen molar-refractivity contribution in [2.45, 2.75) is 13.3 Å². The van der Waals surface area contributed by atoms with Gasteiger partial charge in [-0.25, -0.2) is 4.98 Å².